The average Bonchev–Trinajstić information content (AvgIpc) is 1.82. The maximum absolute atomic E-state index is 10.3. The molecular weight excluding hydrogens is 337 g/mol. The van der Waals surface area contributed by atoms with E-state index in [-0.39, 0.29) is 171 Å². The van der Waals surface area contributed by atoms with Gasteiger partial charge in [-0.15, -0.1) is 12.4 Å². The molecule has 11 heteroatoms. The topological polar surface area (TPSA) is 132 Å². The number of hydrogen-bond donors (Lipinski definition) is 4. The first-order valence-electron chi connectivity index (χ1n) is 3.17. The summed E-state index contributed by atoms with van der Waals surface area (Å²) in [7, 11) is 0. The summed E-state index contributed by atoms with van der Waals surface area (Å²) in [5, 5.41) is 33.8. The van der Waals surface area contributed by atoms with E-state index in [1.54, 1.807) is 0 Å². The fourth-order valence-electron chi connectivity index (χ4n) is 0.714. The van der Waals surface area contributed by atoms with Crippen LogP contribution in [0.5, 0.6) is 0 Å². The molecule has 0 atom stereocenters. The molecular formula is C6H12ClK3O7. The molecule has 0 aliphatic rings. The molecule has 0 aliphatic heterocycles. The van der Waals surface area contributed by atoms with Crippen LogP contribution in [-0.2, 0) is 14.4 Å². The summed E-state index contributed by atoms with van der Waals surface area (Å²) >= 11 is 0. The summed E-state index contributed by atoms with van der Waals surface area (Å²) in [6.07, 6.45) is -2.29. The number of carboxylic acid groups (broad SMARTS) is 3. The third-order valence-corrected chi connectivity index (χ3v) is 1.29. The summed E-state index contributed by atoms with van der Waals surface area (Å²) in [6.45, 7) is 0. The van der Waals surface area contributed by atoms with Gasteiger partial charge in [0.15, 0.2) is 5.60 Å². The third kappa shape index (κ3) is 15.8. The van der Waals surface area contributed by atoms with Gasteiger partial charge in [0.25, 0.3) is 0 Å². The molecule has 0 amide bonds. The summed E-state index contributed by atoms with van der Waals surface area (Å²) in [5.74, 6) is -5.02. The van der Waals surface area contributed by atoms with Crippen molar-refractivity contribution in [1.29, 1.82) is 0 Å². The quantitative estimate of drug-likeness (QED) is 0.363. The van der Waals surface area contributed by atoms with Crippen LogP contribution in [0, 0.1) is 0 Å². The van der Waals surface area contributed by atoms with Crippen molar-refractivity contribution in [3.63, 3.8) is 0 Å². The van der Waals surface area contributed by atoms with Crippen molar-refractivity contribution >= 4 is 30.3 Å². The zero-order chi connectivity index (χ0) is 10.6. The predicted octanol–water partition coefficient (Wildman–Crippen LogP) is -9.48. The normalized spacial score (nSPS) is 8.29. The zero-order valence-electron chi connectivity index (χ0n) is 12.8. The molecule has 88 valence electrons. The van der Waals surface area contributed by atoms with Crippen LogP contribution >= 0.6 is 12.4 Å². The van der Waals surface area contributed by atoms with E-state index in [1.807, 2.05) is 0 Å². The Morgan fingerprint density at radius 1 is 0.882 bits per heavy atom. The molecule has 0 fully saturated rings. The van der Waals surface area contributed by atoms with Crippen molar-refractivity contribution in [1.82, 2.24) is 0 Å². The van der Waals surface area contributed by atoms with E-state index >= 15 is 0 Å². The maximum atomic E-state index is 10.3. The van der Waals surface area contributed by atoms with Gasteiger partial charge in [0.2, 0.25) is 0 Å². The van der Waals surface area contributed by atoms with Gasteiger partial charge in [-0.1, -0.05) is 0 Å². The molecule has 0 saturated carbocycles. The minimum absolute atomic E-state index is 0. The number of aliphatic hydroxyl groups is 1. The zero-order valence-corrected chi connectivity index (χ0v) is 20.0. The van der Waals surface area contributed by atoms with Gasteiger partial charge in [0.05, 0.1) is 12.8 Å². The molecule has 0 aromatic rings. The molecule has 0 spiro atoms. The van der Waals surface area contributed by atoms with Crippen molar-refractivity contribution in [3.05, 3.63) is 0 Å². The Bertz CT molecular complexity index is 256. The average molecular weight is 349 g/mol. The first kappa shape index (κ1) is 32.5. The van der Waals surface area contributed by atoms with Gasteiger partial charge in [-0.05, 0) is 0 Å². The minimum Gasteiger partial charge on any atom is -1.00 e. The summed E-state index contributed by atoms with van der Waals surface area (Å²) in [6, 6.07) is 0. The van der Waals surface area contributed by atoms with Gasteiger partial charge in [0.1, 0.15) is 0 Å². The molecule has 0 heterocycles. The van der Waals surface area contributed by atoms with Gasteiger partial charge < -0.3 is 24.7 Å². The number of halogens is 1. The summed E-state index contributed by atoms with van der Waals surface area (Å²) < 4.78 is 0. The second-order valence-electron chi connectivity index (χ2n) is 2.48. The van der Waals surface area contributed by atoms with E-state index in [0.717, 1.165) is 0 Å². The van der Waals surface area contributed by atoms with Crippen LogP contribution in [0.1, 0.15) is 17.1 Å². The van der Waals surface area contributed by atoms with Gasteiger partial charge in [-0.3, -0.25) is 9.59 Å². The van der Waals surface area contributed by atoms with Gasteiger partial charge in [-0.25, -0.2) is 4.79 Å². The second kappa shape index (κ2) is 15.9. The molecule has 0 aromatic heterocycles. The van der Waals surface area contributed by atoms with Crippen LogP contribution in [0.2, 0.25) is 0 Å². The largest absolute Gasteiger partial charge is 1.00 e. The van der Waals surface area contributed by atoms with Crippen molar-refractivity contribution in [2.24, 2.45) is 0 Å². The van der Waals surface area contributed by atoms with E-state index in [0.29, 0.717) is 0 Å². The number of carbonyl (C=O) groups is 3. The number of carboxylic acids is 3. The van der Waals surface area contributed by atoms with Gasteiger partial charge >= 0.3 is 172 Å². The number of aliphatic carboxylic acids is 3. The van der Waals surface area contributed by atoms with Crippen LogP contribution in [0.15, 0.2) is 0 Å². The van der Waals surface area contributed by atoms with Crippen LogP contribution < -0.4 is 154 Å². The molecule has 0 bridgehead atoms. The Morgan fingerprint density at radius 2 is 1.12 bits per heavy atom. The summed E-state index contributed by atoms with van der Waals surface area (Å²) in [4.78, 5) is 30.5. The Morgan fingerprint density at radius 3 is 1.24 bits per heavy atom. The monoisotopic (exact) mass is 348 g/mol. The Balaban J connectivity index is -0.0000000343. The molecule has 17 heavy (non-hydrogen) atoms. The standard InChI is InChI=1S/C6H8O7.ClH.3K.3H/c7-3(8)1-6(13,5(11)12)2-4(9)10;;;;;;;/h13H,1-2H2,(H,7,8)(H,9,10)(H,11,12);1H;;;;;;/q;;3*+1;3*-1. The SMILES string of the molecule is Cl.O=C(O)CC(O)(CC(=O)O)C(=O)O.[H-].[H-].[H-].[K+].[K+].[K+]. The molecule has 4 N–H and O–H groups in total. The van der Waals surface area contributed by atoms with E-state index < -0.39 is 36.4 Å². The van der Waals surface area contributed by atoms with Gasteiger partial charge in [-0.2, -0.15) is 0 Å². The van der Waals surface area contributed by atoms with Gasteiger partial charge in [0, 0.05) is 0 Å². The van der Waals surface area contributed by atoms with E-state index in [4.69, 9.17) is 20.4 Å². The van der Waals surface area contributed by atoms with Crippen molar-refractivity contribution in [2.45, 2.75) is 18.4 Å². The van der Waals surface area contributed by atoms with Crippen LogP contribution in [-0.4, -0.2) is 43.9 Å². The smallest absolute Gasteiger partial charge is 1.00 e. The maximum Gasteiger partial charge on any atom is 1.00 e. The van der Waals surface area contributed by atoms with E-state index in [1.165, 1.54) is 0 Å². The first-order valence-corrected chi connectivity index (χ1v) is 3.17. The number of rotatable bonds is 5. The van der Waals surface area contributed by atoms with Crippen LogP contribution in [0.3, 0.4) is 0 Å². The van der Waals surface area contributed by atoms with Crippen LogP contribution in [0.4, 0.5) is 0 Å². The molecule has 0 aliphatic carbocycles. The van der Waals surface area contributed by atoms with E-state index in [9.17, 15) is 14.4 Å². The molecule has 7 nitrogen and oxygen atoms in total. The third-order valence-electron chi connectivity index (χ3n) is 1.29. The fourth-order valence-corrected chi connectivity index (χ4v) is 0.714. The molecule has 0 unspecified atom stereocenters. The first-order chi connectivity index (χ1) is 5.78. The minimum atomic E-state index is -2.74. The summed E-state index contributed by atoms with van der Waals surface area (Å²) in [5.41, 5.74) is -2.74. The fraction of sp³-hybridized carbons (Fsp3) is 0.500. The van der Waals surface area contributed by atoms with E-state index in [2.05, 4.69) is 0 Å². The predicted molar refractivity (Wildman–Crippen MR) is 47.7 cm³/mol. The van der Waals surface area contributed by atoms with Crippen molar-refractivity contribution < 1.29 is 193 Å². The Kier molecular flexibility index (Phi) is 30.5. The molecule has 0 rings (SSSR count). The second-order valence-corrected chi connectivity index (χ2v) is 2.48. The molecule has 0 radical (unpaired) electrons. The molecule has 0 aromatic carbocycles. The number of hydrogen-bond acceptors (Lipinski definition) is 4. The Hall–Kier alpha value is 3.57. The van der Waals surface area contributed by atoms with Crippen molar-refractivity contribution in [3.8, 4) is 0 Å². The van der Waals surface area contributed by atoms with Crippen LogP contribution in [0.25, 0.3) is 0 Å². The Labute approximate surface area is 236 Å². The molecule has 0 saturated heterocycles. The van der Waals surface area contributed by atoms with Crippen molar-refractivity contribution in [2.75, 3.05) is 0 Å².